The first-order chi connectivity index (χ1) is 9.60. The van der Waals surface area contributed by atoms with Gasteiger partial charge in [0.05, 0.1) is 24.9 Å². The Morgan fingerprint density at radius 1 is 0.950 bits per heavy atom. The zero-order valence-electron chi connectivity index (χ0n) is 12.8. The minimum absolute atomic E-state index is 0.323. The van der Waals surface area contributed by atoms with Crippen molar-refractivity contribution in [3.05, 3.63) is 60.2 Å². The van der Waals surface area contributed by atoms with E-state index in [0.29, 0.717) is 5.41 Å². The molecule has 0 N–H and O–H groups in total. The molecule has 1 heteroatoms. The molecule has 1 aliphatic rings. The van der Waals surface area contributed by atoms with E-state index >= 15 is 0 Å². The molecule has 0 aromatic heterocycles. The molecule has 0 amide bonds. The fourth-order valence-corrected chi connectivity index (χ4v) is 8.33. The molecule has 3 rings (SSSR count). The normalized spacial score (nSPS) is 24.1. The fraction of sp³-hybridized carbons (Fsp3) is 0.368. The third kappa shape index (κ3) is 2.02. The maximum atomic E-state index is 2.40. The summed E-state index contributed by atoms with van der Waals surface area (Å²) in [5, 5.41) is 3.25. The average molecular weight is 283 g/mol. The molecular weight excluding hydrogens is 259 g/mol. The minimum Gasteiger partial charge on any atom is -0.0620 e. The highest BCUT2D eigenvalue weighted by atomic mass is 31.2. The van der Waals surface area contributed by atoms with E-state index < -0.39 is 7.26 Å². The van der Waals surface area contributed by atoms with Crippen molar-refractivity contribution in [1.82, 2.24) is 0 Å². The molecule has 0 radical (unpaired) electrons. The van der Waals surface area contributed by atoms with E-state index in [-0.39, 0.29) is 0 Å². The summed E-state index contributed by atoms with van der Waals surface area (Å²) < 4.78 is 0. The van der Waals surface area contributed by atoms with Crippen LogP contribution in [0, 0.1) is 0 Å². The Morgan fingerprint density at radius 3 is 2.30 bits per heavy atom. The van der Waals surface area contributed by atoms with Crippen LogP contribution in [-0.2, 0) is 5.41 Å². The molecule has 0 fully saturated rings. The molecule has 20 heavy (non-hydrogen) atoms. The Labute approximate surface area is 123 Å². The van der Waals surface area contributed by atoms with Gasteiger partial charge in [-0.2, -0.15) is 0 Å². The Kier molecular flexibility index (Phi) is 3.46. The Hall–Kier alpha value is -1.13. The summed E-state index contributed by atoms with van der Waals surface area (Å²) in [4.78, 5) is 0. The Bertz CT molecular complexity index is 600. The molecule has 0 aliphatic carbocycles. The molecule has 1 unspecified atom stereocenters. The predicted molar refractivity (Wildman–Crippen MR) is 92.1 cm³/mol. The summed E-state index contributed by atoms with van der Waals surface area (Å²) in [6, 6.07) is 20.5. The van der Waals surface area contributed by atoms with Crippen LogP contribution in [0.3, 0.4) is 0 Å². The number of fused-ring (bicyclic) bond motifs is 1. The van der Waals surface area contributed by atoms with Crippen molar-refractivity contribution >= 4 is 17.9 Å². The van der Waals surface area contributed by atoms with Crippen molar-refractivity contribution in [3.63, 3.8) is 0 Å². The first-order valence-corrected chi connectivity index (χ1v) is 9.79. The van der Waals surface area contributed by atoms with Gasteiger partial charge in [0.15, 0.2) is 0 Å². The van der Waals surface area contributed by atoms with E-state index in [1.165, 1.54) is 18.7 Å². The molecule has 0 saturated heterocycles. The van der Waals surface area contributed by atoms with Gasteiger partial charge in [-0.05, 0) is 37.0 Å². The van der Waals surface area contributed by atoms with E-state index in [1.54, 1.807) is 16.2 Å². The van der Waals surface area contributed by atoms with Gasteiger partial charge in [-0.3, -0.25) is 0 Å². The van der Waals surface area contributed by atoms with Crippen LogP contribution < -0.4 is 10.6 Å². The maximum Gasteiger partial charge on any atom is 0.103 e. The number of rotatable bonds is 2. The molecule has 0 spiro atoms. The zero-order chi connectivity index (χ0) is 14.2. The lowest BCUT2D eigenvalue weighted by Gasteiger charge is -2.39. The standard InChI is InChI=1S/C19H24P/c1-4-20(16-10-6-5-7-11-16)15-14-19(2,3)17-12-8-9-13-18(17)20/h5-13H,4,14-15H2,1-3H3/q+1. The van der Waals surface area contributed by atoms with Crippen LogP contribution in [0.4, 0.5) is 0 Å². The first kappa shape index (κ1) is 13.8. The highest BCUT2D eigenvalue weighted by Gasteiger charge is 2.49. The van der Waals surface area contributed by atoms with Gasteiger partial charge in [0, 0.05) is 5.56 Å². The van der Waals surface area contributed by atoms with Gasteiger partial charge < -0.3 is 0 Å². The molecule has 0 saturated carbocycles. The predicted octanol–water partition coefficient (Wildman–Crippen LogP) is 4.36. The molecular formula is C19H24P+. The van der Waals surface area contributed by atoms with Crippen molar-refractivity contribution in [2.75, 3.05) is 12.3 Å². The van der Waals surface area contributed by atoms with Crippen LogP contribution in [0.1, 0.15) is 32.8 Å². The number of benzene rings is 2. The van der Waals surface area contributed by atoms with E-state index in [1.807, 2.05) is 0 Å². The van der Waals surface area contributed by atoms with E-state index in [2.05, 4.69) is 75.4 Å². The molecule has 0 nitrogen and oxygen atoms in total. The van der Waals surface area contributed by atoms with Crippen molar-refractivity contribution < 1.29 is 0 Å². The van der Waals surface area contributed by atoms with Gasteiger partial charge in [-0.15, -0.1) is 0 Å². The van der Waals surface area contributed by atoms with Gasteiger partial charge >= 0.3 is 0 Å². The van der Waals surface area contributed by atoms with Gasteiger partial charge in [-0.1, -0.05) is 50.2 Å². The molecule has 1 aliphatic heterocycles. The van der Waals surface area contributed by atoms with Gasteiger partial charge in [0.25, 0.3) is 0 Å². The first-order valence-electron chi connectivity index (χ1n) is 7.63. The second-order valence-corrected chi connectivity index (χ2v) is 10.5. The summed E-state index contributed by atoms with van der Waals surface area (Å²) in [6.07, 6.45) is 3.95. The maximum absolute atomic E-state index is 2.40. The molecule has 104 valence electrons. The Morgan fingerprint density at radius 2 is 1.60 bits per heavy atom. The zero-order valence-corrected chi connectivity index (χ0v) is 13.7. The summed E-state index contributed by atoms with van der Waals surface area (Å²) in [6.45, 7) is 7.19. The molecule has 2 aromatic rings. The van der Waals surface area contributed by atoms with Gasteiger partial charge in [0.1, 0.15) is 5.30 Å². The van der Waals surface area contributed by atoms with Gasteiger partial charge in [-0.25, -0.2) is 0 Å². The lowest BCUT2D eigenvalue weighted by atomic mass is 9.82. The molecule has 1 heterocycles. The third-order valence-electron chi connectivity index (χ3n) is 5.00. The summed E-state index contributed by atoms with van der Waals surface area (Å²) in [5.41, 5.74) is 1.91. The third-order valence-corrected chi connectivity index (χ3v) is 9.67. The second kappa shape index (κ2) is 5.01. The molecule has 1 atom stereocenters. The highest BCUT2D eigenvalue weighted by molar-refractivity contribution is 7.89. The Balaban J connectivity index is 2.24. The largest absolute Gasteiger partial charge is 0.103 e. The van der Waals surface area contributed by atoms with Crippen molar-refractivity contribution in [2.45, 2.75) is 32.6 Å². The van der Waals surface area contributed by atoms with E-state index in [0.717, 1.165) is 0 Å². The SMILES string of the molecule is CC[P+]1(c2ccccc2)CCC(C)(C)c2ccccc21. The van der Waals surface area contributed by atoms with Crippen LogP contribution in [0.25, 0.3) is 0 Å². The average Bonchev–Trinajstić information content (AvgIpc) is 2.49. The van der Waals surface area contributed by atoms with Crippen molar-refractivity contribution in [1.29, 1.82) is 0 Å². The summed E-state index contributed by atoms with van der Waals surface area (Å²) in [5.74, 6) is 0. The van der Waals surface area contributed by atoms with Crippen LogP contribution in [-0.4, -0.2) is 12.3 Å². The molecule has 0 bridgehead atoms. The van der Waals surface area contributed by atoms with Crippen LogP contribution in [0.15, 0.2) is 54.6 Å². The topological polar surface area (TPSA) is 0 Å². The summed E-state index contributed by atoms with van der Waals surface area (Å²) >= 11 is 0. The number of hydrogen-bond acceptors (Lipinski definition) is 0. The number of hydrogen-bond donors (Lipinski definition) is 0. The second-order valence-electron chi connectivity index (χ2n) is 6.49. The lowest BCUT2D eigenvalue weighted by molar-refractivity contribution is 0.506. The van der Waals surface area contributed by atoms with Crippen molar-refractivity contribution in [3.8, 4) is 0 Å². The fourth-order valence-electron chi connectivity index (χ4n) is 3.64. The smallest absolute Gasteiger partial charge is 0.0620 e. The van der Waals surface area contributed by atoms with Gasteiger partial charge in [0.2, 0.25) is 0 Å². The quantitative estimate of drug-likeness (QED) is 0.719. The van der Waals surface area contributed by atoms with Crippen molar-refractivity contribution in [2.24, 2.45) is 0 Å². The van der Waals surface area contributed by atoms with Crippen LogP contribution >= 0.6 is 7.26 Å². The monoisotopic (exact) mass is 283 g/mol. The van der Waals surface area contributed by atoms with Crippen LogP contribution in [0.5, 0.6) is 0 Å². The molecule has 2 aromatic carbocycles. The lowest BCUT2D eigenvalue weighted by Crippen LogP contribution is -2.40. The van der Waals surface area contributed by atoms with E-state index in [9.17, 15) is 0 Å². The summed E-state index contributed by atoms with van der Waals surface area (Å²) in [7, 11) is -1.19. The highest BCUT2D eigenvalue weighted by Crippen LogP contribution is 2.61. The van der Waals surface area contributed by atoms with Crippen LogP contribution in [0.2, 0.25) is 0 Å². The van der Waals surface area contributed by atoms with E-state index in [4.69, 9.17) is 0 Å². The minimum atomic E-state index is -1.19.